The second kappa shape index (κ2) is 4.78. The van der Waals surface area contributed by atoms with Gasteiger partial charge in [0.15, 0.2) is 0 Å². The van der Waals surface area contributed by atoms with Crippen molar-refractivity contribution in [2.45, 2.75) is 58.1 Å². The average molecular weight is 199 g/mol. The molecule has 2 unspecified atom stereocenters. The lowest BCUT2D eigenvalue weighted by molar-refractivity contribution is -0.155. The van der Waals surface area contributed by atoms with Crippen LogP contribution in [0.25, 0.3) is 0 Å². The van der Waals surface area contributed by atoms with Gasteiger partial charge in [0.2, 0.25) is 0 Å². The molecule has 0 aromatic rings. The van der Waals surface area contributed by atoms with Crippen LogP contribution in [0.5, 0.6) is 0 Å². The van der Waals surface area contributed by atoms with Crippen LogP contribution in [-0.4, -0.2) is 24.2 Å². The molecule has 0 aliphatic carbocycles. The van der Waals surface area contributed by atoms with E-state index in [9.17, 15) is 4.79 Å². The minimum absolute atomic E-state index is 0.0479. The largest absolute Gasteiger partial charge is 0.461 e. The van der Waals surface area contributed by atoms with Gasteiger partial charge >= 0.3 is 5.97 Å². The Morgan fingerprint density at radius 3 is 2.86 bits per heavy atom. The summed E-state index contributed by atoms with van der Waals surface area (Å²) in [5, 5.41) is 3.21. The first-order valence-electron chi connectivity index (χ1n) is 5.54. The van der Waals surface area contributed by atoms with E-state index in [1.165, 1.54) is 0 Å². The molecule has 1 N–H and O–H groups in total. The molecular formula is C11H21NO2. The van der Waals surface area contributed by atoms with Gasteiger partial charge in [-0.05, 0) is 39.7 Å². The van der Waals surface area contributed by atoms with E-state index >= 15 is 0 Å². The van der Waals surface area contributed by atoms with Gasteiger partial charge in [-0.1, -0.05) is 13.3 Å². The normalized spacial score (nSPS) is 28.8. The third-order valence-electron chi connectivity index (χ3n) is 2.82. The second-order valence-electron chi connectivity index (χ2n) is 4.37. The predicted molar refractivity (Wildman–Crippen MR) is 56.1 cm³/mol. The van der Waals surface area contributed by atoms with Crippen LogP contribution in [0.3, 0.4) is 0 Å². The van der Waals surface area contributed by atoms with Crippen molar-refractivity contribution in [1.82, 2.24) is 5.32 Å². The smallest absolute Gasteiger partial charge is 0.326 e. The molecule has 3 heteroatoms. The summed E-state index contributed by atoms with van der Waals surface area (Å²) in [6, 6.07) is 0. The highest BCUT2D eigenvalue weighted by molar-refractivity contribution is 5.80. The Kier molecular flexibility index (Phi) is 3.93. The van der Waals surface area contributed by atoms with Crippen molar-refractivity contribution in [3.05, 3.63) is 0 Å². The molecule has 82 valence electrons. The van der Waals surface area contributed by atoms with Gasteiger partial charge in [-0.2, -0.15) is 0 Å². The number of hydrogen-bond acceptors (Lipinski definition) is 3. The lowest BCUT2D eigenvalue weighted by atomic mass is 10.0. The monoisotopic (exact) mass is 199 g/mol. The van der Waals surface area contributed by atoms with Crippen LogP contribution < -0.4 is 5.32 Å². The van der Waals surface area contributed by atoms with Crippen LogP contribution in [0.1, 0.15) is 46.5 Å². The van der Waals surface area contributed by atoms with Crippen molar-refractivity contribution in [1.29, 1.82) is 0 Å². The van der Waals surface area contributed by atoms with E-state index in [1.54, 1.807) is 0 Å². The number of rotatable bonds is 4. The minimum atomic E-state index is -0.429. The van der Waals surface area contributed by atoms with E-state index in [1.807, 2.05) is 13.8 Å². The van der Waals surface area contributed by atoms with E-state index in [2.05, 4.69) is 12.2 Å². The summed E-state index contributed by atoms with van der Waals surface area (Å²) < 4.78 is 5.38. The van der Waals surface area contributed by atoms with Crippen LogP contribution in [0.15, 0.2) is 0 Å². The summed E-state index contributed by atoms with van der Waals surface area (Å²) >= 11 is 0. The van der Waals surface area contributed by atoms with Gasteiger partial charge in [0.1, 0.15) is 5.54 Å². The van der Waals surface area contributed by atoms with Gasteiger partial charge < -0.3 is 10.1 Å². The molecule has 0 bridgehead atoms. The number of hydrogen-bond donors (Lipinski definition) is 1. The summed E-state index contributed by atoms with van der Waals surface area (Å²) in [5.74, 6) is -0.0871. The zero-order chi connectivity index (χ0) is 10.6. The van der Waals surface area contributed by atoms with Crippen molar-refractivity contribution in [2.24, 2.45) is 0 Å². The molecule has 3 nitrogen and oxygen atoms in total. The molecule has 0 radical (unpaired) electrons. The van der Waals surface area contributed by atoms with Crippen molar-refractivity contribution >= 4 is 5.97 Å². The Morgan fingerprint density at radius 1 is 1.64 bits per heavy atom. The summed E-state index contributed by atoms with van der Waals surface area (Å²) in [6.45, 7) is 6.91. The van der Waals surface area contributed by atoms with Crippen molar-refractivity contribution in [2.75, 3.05) is 6.54 Å². The molecule has 1 aliphatic heterocycles. The van der Waals surface area contributed by atoms with Crippen molar-refractivity contribution in [3.8, 4) is 0 Å². The maximum Gasteiger partial charge on any atom is 0.326 e. The van der Waals surface area contributed by atoms with E-state index in [0.29, 0.717) is 0 Å². The fourth-order valence-electron chi connectivity index (χ4n) is 1.85. The second-order valence-corrected chi connectivity index (χ2v) is 4.37. The molecule has 1 rings (SSSR count). The molecule has 2 atom stereocenters. The van der Waals surface area contributed by atoms with Crippen LogP contribution in [-0.2, 0) is 9.53 Å². The molecule has 0 spiro atoms. The molecule has 0 amide bonds. The van der Waals surface area contributed by atoms with Gasteiger partial charge in [-0.3, -0.25) is 4.79 Å². The van der Waals surface area contributed by atoms with Gasteiger partial charge in [-0.25, -0.2) is 0 Å². The molecule has 0 aromatic carbocycles. The third-order valence-corrected chi connectivity index (χ3v) is 2.82. The summed E-state index contributed by atoms with van der Waals surface area (Å²) in [4.78, 5) is 11.8. The highest BCUT2D eigenvalue weighted by Crippen LogP contribution is 2.21. The van der Waals surface area contributed by atoms with E-state index in [4.69, 9.17) is 4.74 Å². The molecular weight excluding hydrogens is 178 g/mol. The summed E-state index contributed by atoms with van der Waals surface area (Å²) in [5.41, 5.74) is -0.429. The van der Waals surface area contributed by atoms with E-state index < -0.39 is 5.54 Å². The highest BCUT2D eigenvalue weighted by atomic mass is 16.5. The lowest BCUT2D eigenvalue weighted by Gasteiger charge is -2.24. The summed E-state index contributed by atoms with van der Waals surface area (Å²) in [6.07, 6.45) is 4.01. The minimum Gasteiger partial charge on any atom is -0.461 e. The first-order chi connectivity index (χ1) is 6.58. The Labute approximate surface area is 86.2 Å². The van der Waals surface area contributed by atoms with Crippen molar-refractivity contribution in [3.63, 3.8) is 0 Å². The van der Waals surface area contributed by atoms with Gasteiger partial charge in [-0.15, -0.1) is 0 Å². The summed E-state index contributed by atoms with van der Waals surface area (Å²) in [7, 11) is 0. The number of esters is 1. The van der Waals surface area contributed by atoms with Gasteiger partial charge in [0, 0.05) is 0 Å². The quantitative estimate of drug-likeness (QED) is 0.702. The Bertz CT molecular complexity index is 197. The standard InChI is InChI=1S/C11H21NO2/c1-4-6-9(2)14-10(13)11(3)7-5-8-12-11/h9,12H,4-8H2,1-3H3. The first-order valence-corrected chi connectivity index (χ1v) is 5.54. The average Bonchev–Trinajstić information content (AvgIpc) is 2.54. The topological polar surface area (TPSA) is 38.3 Å². The molecule has 1 heterocycles. The fourth-order valence-corrected chi connectivity index (χ4v) is 1.85. The highest BCUT2D eigenvalue weighted by Gasteiger charge is 2.37. The van der Waals surface area contributed by atoms with Crippen LogP contribution in [0.2, 0.25) is 0 Å². The third kappa shape index (κ3) is 2.71. The molecule has 1 fully saturated rings. The Morgan fingerprint density at radius 2 is 2.36 bits per heavy atom. The molecule has 0 aromatic heterocycles. The van der Waals surface area contributed by atoms with E-state index in [0.717, 1.165) is 32.2 Å². The van der Waals surface area contributed by atoms with Gasteiger partial charge in [0.25, 0.3) is 0 Å². The van der Waals surface area contributed by atoms with Crippen molar-refractivity contribution < 1.29 is 9.53 Å². The van der Waals surface area contributed by atoms with E-state index in [-0.39, 0.29) is 12.1 Å². The van der Waals surface area contributed by atoms with Crippen LogP contribution in [0.4, 0.5) is 0 Å². The number of carbonyl (C=O) groups is 1. The number of ether oxygens (including phenoxy) is 1. The zero-order valence-electron chi connectivity index (χ0n) is 9.43. The number of nitrogens with one attached hydrogen (secondary N) is 1. The zero-order valence-corrected chi connectivity index (χ0v) is 9.43. The maximum atomic E-state index is 11.8. The molecule has 14 heavy (non-hydrogen) atoms. The van der Waals surface area contributed by atoms with Crippen LogP contribution in [0, 0.1) is 0 Å². The lowest BCUT2D eigenvalue weighted by Crippen LogP contribution is -2.46. The Hall–Kier alpha value is -0.570. The maximum absolute atomic E-state index is 11.8. The number of carbonyl (C=O) groups excluding carboxylic acids is 1. The predicted octanol–water partition coefficient (Wildman–Crippen LogP) is 1.86. The first kappa shape index (κ1) is 11.5. The molecule has 0 saturated carbocycles. The Balaban J connectivity index is 2.40. The fraction of sp³-hybridized carbons (Fsp3) is 0.909. The molecule has 1 saturated heterocycles. The van der Waals surface area contributed by atoms with Gasteiger partial charge in [0.05, 0.1) is 6.10 Å². The van der Waals surface area contributed by atoms with Crippen LogP contribution >= 0.6 is 0 Å². The SMILES string of the molecule is CCCC(C)OC(=O)C1(C)CCCN1. The molecule has 1 aliphatic rings.